The highest BCUT2D eigenvalue weighted by atomic mass is 79.9. The third-order valence-electron chi connectivity index (χ3n) is 1.86. The predicted molar refractivity (Wildman–Crippen MR) is 54.2 cm³/mol. The summed E-state index contributed by atoms with van der Waals surface area (Å²) in [4.78, 5) is 0. The van der Waals surface area contributed by atoms with Gasteiger partial charge in [-0.25, -0.2) is 0 Å². The van der Waals surface area contributed by atoms with Crippen LogP contribution in [0.4, 0.5) is 0 Å². The highest BCUT2D eigenvalue weighted by molar-refractivity contribution is 9.10. The molecule has 2 unspecified atom stereocenters. The van der Waals surface area contributed by atoms with Gasteiger partial charge in [-0.3, -0.25) is 0 Å². The quantitative estimate of drug-likeness (QED) is 0.862. The van der Waals surface area contributed by atoms with Crippen molar-refractivity contribution in [3.8, 4) is 6.07 Å². The first kappa shape index (κ1) is 10.2. The number of rotatable bonds is 2. The third-order valence-corrected chi connectivity index (χ3v) is 2.58. The van der Waals surface area contributed by atoms with Gasteiger partial charge < -0.3 is 5.11 Å². The van der Waals surface area contributed by atoms with E-state index in [1.165, 1.54) is 0 Å². The summed E-state index contributed by atoms with van der Waals surface area (Å²) < 4.78 is 0.863. The second-order valence-corrected chi connectivity index (χ2v) is 3.72. The monoisotopic (exact) mass is 239 g/mol. The normalized spacial score (nSPS) is 14.6. The summed E-state index contributed by atoms with van der Waals surface area (Å²) >= 11 is 3.34. The maximum absolute atomic E-state index is 9.35. The second-order valence-electron chi connectivity index (χ2n) is 2.87. The van der Waals surface area contributed by atoms with Gasteiger partial charge in [0.1, 0.15) is 0 Å². The van der Waals surface area contributed by atoms with E-state index in [4.69, 9.17) is 5.26 Å². The second kappa shape index (κ2) is 4.40. The van der Waals surface area contributed by atoms with Crippen molar-refractivity contribution in [1.29, 1.82) is 5.26 Å². The van der Waals surface area contributed by atoms with Crippen LogP contribution in [0.5, 0.6) is 0 Å². The van der Waals surface area contributed by atoms with Gasteiger partial charge in [-0.15, -0.1) is 0 Å². The van der Waals surface area contributed by atoms with Crippen LogP contribution in [0.2, 0.25) is 0 Å². The minimum Gasteiger partial charge on any atom is -0.392 e. The lowest BCUT2D eigenvalue weighted by molar-refractivity contribution is 0.181. The SMILES string of the molecule is CC(O)C(C#N)c1ccccc1Br. The van der Waals surface area contributed by atoms with E-state index in [1.807, 2.05) is 24.3 Å². The van der Waals surface area contributed by atoms with Gasteiger partial charge in [0.15, 0.2) is 0 Å². The molecule has 1 rings (SSSR count). The Bertz CT molecular complexity index is 330. The molecule has 0 aromatic heterocycles. The summed E-state index contributed by atoms with van der Waals surface area (Å²) in [5.74, 6) is -0.462. The van der Waals surface area contributed by atoms with E-state index in [1.54, 1.807) is 6.92 Å². The molecule has 0 saturated carbocycles. The number of benzene rings is 1. The van der Waals surface area contributed by atoms with Crippen LogP contribution in [0.3, 0.4) is 0 Å². The summed E-state index contributed by atoms with van der Waals surface area (Å²) in [5.41, 5.74) is 0.833. The van der Waals surface area contributed by atoms with Gasteiger partial charge in [0, 0.05) is 4.47 Å². The van der Waals surface area contributed by atoms with E-state index >= 15 is 0 Å². The van der Waals surface area contributed by atoms with Gasteiger partial charge in [-0.05, 0) is 18.6 Å². The molecule has 0 aliphatic heterocycles. The lowest BCUT2D eigenvalue weighted by atomic mass is 9.96. The molecule has 0 heterocycles. The lowest BCUT2D eigenvalue weighted by Gasteiger charge is -2.13. The minimum atomic E-state index is -0.649. The van der Waals surface area contributed by atoms with Gasteiger partial charge in [-0.2, -0.15) is 5.26 Å². The molecular formula is C10H10BrNO. The van der Waals surface area contributed by atoms with E-state index < -0.39 is 12.0 Å². The number of halogens is 1. The topological polar surface area (TPSA) is 44.0 Å². The van der Waals surface area contributed by atoms with E-state index in [0.717, 1.165) is 10.0 Å². The molecule has 0 radical (unpaired) electrons. The highest BCUT2D eigenvalue weighted by Gasteiger charge is 2.18. The fourth-order valence-electron chi connectivity index (χ4n) is 1.16. The standard InChI is InChI=1S/C10H10BrNO/c1-7(13)9(6-12)8-4-2-3-5-10(8)11/h2-5,7,9,13H,1H3. The molecule has 1 N–H and O–H groups in total. The number of hydrogen-bond acceptors (Lipinski definition) is 2. The average Bonchev–Trinajstić information content (AvgIpc) is 2.09. The van der Waals surface area contributed by atoms with Crippen molar-refractivity contribution >= 4 is 15.9 Å². The molecule has 0 fully saturated rings. The van der Waals surface area contributed by atoms with Gasteiger partial charge >= 0.3 is 0 Å². The molecule has 2 nitrogen and oxygen atoms in total. The van der Waals surface area contributed by atoms with E-state index in [-0.39, 0.29) is 0 Å². The minimum absolute atomic E-state index is 0.462. The van der Waals surface area contributed by atoms with Crippen molar-refractivity contribution in [2.24, 2.45) is 0 Å². The van der Waals surface area contributed by atoms with Crippen LogP contribution >= 0.6 is 15.9 Å². The van der Waals surface area contributed by atoms with Crippen LogP contribution in [0.1, 0.15) is 18.4 Å². The Balaban J connectivity index is 3.07. The van der Waals surface area contributed by atoms with E-state index in [9.17, 15) is 5.11 Å². The molecule has 3 heteroatoms. The summed E-state index contributed by atoms with van der Waals surface area (Å²) in [6, 6.07) is 9.51. The zero-order valence-corrected chi connectivity index (χ0v) is 8.82. The first-order valence-corrected chi connectivity index (χ1v) is 4.78. The molecule has 0 bridgehead atoms. The van der Waals surface area contributed by atoms with Crippen molar-refractivity contribution < 1.29 is 5.11 Å². The van der Waals surface area contributed by atoms with E-state index in [2.05, 4.69) is 22.0 Å². The maximum atomic E-state index is 9.35. The summed E-state index contributed by atoms with van der Waals surface area (Å²) in [6.45, 7) is 1.62. The Hall–Kier alpha value is -0.850. The van der Waals surface area contributed by atoms with Crippen LogP contribution < -0.4 is 0 Å². The van der Waals surface area contributed by atoms with Crippen molar-refractivity contribution in [2.45, 2.75) is 18.9 Å². The summed E-state index contributed by atoms with van der Waals surface area (Å²) in [7, 11) is 0. The first-order chi connectivity index (χ1) is 6.16. The summed E-state index contributed by atoms with van der Waals surface area (Å²) in [5, 5.41) is 18.2. The molecule has 68 valence electrons. The predicted octanol–water partition coefficient (Wildman–Crippen LogP) is 2.44. The van der Waals surface area contributed by atoms with Gasteiger partial charge in [0.05, 0.1) is 18.1 Å². The van der Waals surface area contributed by atoms with Crippen LogP contribution in [0, 0.1) is 11.3 Å². The zero-order valence-electron chi connectivity index (χ0n) is 7.24. The Morgan fingerprint density at radius 1 is 1.46 bits per heavy atom. The Morgan fingerprint density at radius 2 is 2.08 bits per heavy atom. The molecule has 1 aromatic carbocycles. The van der Waals surface area contributed by atoms with Gasteiger partial charge in [-0.1, -0.05) is 34.1 Å². The molecule has 0 spiro atoms. The number of nitriles is 1. The zero-order chi connectivity index (χ0) is 9.84. The number of aliphatic hydroxyl groups is 1. The van der Waals surface area contributed by atoms with Crippen molar-refractivity contribution in [3.63, 3.8) is 0 Å². The lowest BCUT2D eigenvalue weighted by Crippen LogP contribution is -2.12. The fourth-order valence-corrected chi connectivity index (χ4v) is 1.70. The average molecular weight is 240 g/mol. The number of hydrogen-bond donors (Lipinski definition) is 1. The maximum Gasteiger partial charge on any atom is 0.0979 e. The largest absolute Gasteiger partial charge is 0.392 e. The number of nitrogens with zero attached hydrogens (tertiary/aromatic N) is 1. The van der Waals surface area contributed by atoms with Crippen LogP contribution in [0.25, 0.3) is 0 Å². The van der Waals surface area contributed by atoms with Gasteiger partial charge in [0.25, 0.3) is 0 Å². The fraction of sp³-hybridized carbons (Fsp3) is 0.300. The van der Waals surface area contributed by atoms with Crippen molar-refractivity contribution in [1.82, 2.24) is 0 Å². The van der Waals surface area contributed by atoms with Gasteiger partial charge in [0.2, 0.25) is 0 Å². The third kappa shape index (κ3) is 2.30. The van der Waals surface area contributed by atoms with Crippen LogP contribution in [-0.4, -0.2) is 11.2 Å². The van der Waals surface area contributed by atoms with Crippen LogP contribution in [-0.2, 0) is 0 Å². The Morgan fingerprint density at radius 3 is 2.54 bits per heavy atom. The van der Waals surface area contributed by atoms with E-state index in [0.29, 0.717) is 0 Å². The first-order valence-electron chi connectivity index (χ1n) is 3.99. The molecule has 0 aliphatic carbocycles. The molecule has 0 amide bonds. The van der Waals surface area contributed by atoms with Crippen molar-refractivity contribution in [3.05, 3.63) is 34.3 Å². The smallest absolute Gasteiger partial charge is 0.0979 e. The Kier molecular flexibility index (Phi) is 3.47. The molecule has 1 aromatic rings. The number of aliphatic hydroxyl groups excluding tert-OH is 1. The summed E-state index contributed by atoms with van der Waals surface area (Å²) in [6.07, 6.45) is -0.649. The highest BCUT2D eigenvalue weighted by Crippen LogP contribution is 2.26. The Labute approximate surface area is 85.9 Å². The van der Waals surface area contributed by atoms with Crippen molar-refractivity contribution in [2.75, 3.05) is 0 Å². The molecule has 2 atom stereocenters. The molecule has 0 aliphatic rings. The van der Waals surface area contributed by atoms with Crippen LogP contribution in [0.15, 0.2) is 28.7 Å². The molecular weight excluding hydrogens is 230 g/mol. The molecule has 0 saturated heterocycles. The molecule has 13 heavy (non-hydrogen) atoms.